The second kappa shape index (κ2) is 7.65. The SMILES string of the molecule is BC(B)(O)c1c(C)c(OC)cc2sc(-c3cc(C)cc4nc(COC)cnc34)nc12. The molecule has 30 heavy (non-hydrogen) atoms. The molecule has 0 saturated carbocycles. The van der Waals surface area contributed by atoms with Crippen LogP contribution in [0.1, 0.15) is 22.4 Å². The van der Waals surface area contributed by atoms with Crippen molar-refractivity contribution in [3.63, 3.8) is 0 Å². The minimum atomic E-state index is -1.05. The molecule has 0 aliphatic carbocycles. The molecule has 2 aromatic carbocycles. The van der Waals surface area contributed by atoms with Gasteiger partial charge in [-0.3, -0.25) is 4.98 Å². The molecule has 0 saturated heterocycles. The van der Waals surface area contributed by atoms with Crippen LogP contribution in [-0.2, 0) is 16.7 Å². The molecule has 0 fully saturated rings. The van der Waals surface area contributed by atoms with Crippen LogP contribution in [0.5, 0.6) is 5.75 Å². The lowest BCUT2D eigenvalue weighted by molar-refractivity contribution is 0.181. The summed E-state index contributed by atoms with van der Waals surface area (Å²) in [7, 11) is 6.84. The van der Waals surface area contributed by atoms with Gasteiger partial charge in [0.05, 0.1) is 46.9 Å². The smallest absolute Gasteiger partial charge is 0.137 e. The second-order valence-electron chi connectivity index (χ2n) is 7.98. The summed E-state index contributed by atoms with van der Waals surface area (Å²) in [6.45, 7) is 4.41. The minimum absolute atomic E-state index is 0.418. The van der Waals surface area contributed by atoms with Crippen molar-refractivity contribution in [3.05, 3.63) is 46.8 Å². The van der Waals surface area contributed by atoms with Gasteiger partial charge in [0.25, 0.3) is 0 Å². The van der Waals surface area contributed by atoms with Crippen molar-refractivity contribution in [2.45, 2.75) is 25.9 Å². The number of nitrogens with zero attached hydrogens (tertiary/aromatic N) is 3. The van der Waals surface area contributed by atoms with E-state index in [4.69, 9.17) is 19.4 Å². The lowest BCUT2D eigenvalue weighted by atomic mass is 9.60. The lowest BCUT2D eigenvalue weighted by Crippen LogP contribution is -2.27. The highest BCUT2D eigenvalue weighted by molar-refractivity contribution is 7.21. The standard InChI is InChI=1S/C21H23B2N3O3S/c1-10-5-13(18-14(6-10)25-12(8-24-18)9-28-3)20-26-19-16(30-20)7-15(29-4)11(2)17(19)21(22,23)27/h5-8,27H,9,22-23H2,1-4H3. The molecule has 0 aliphatic heterocycles. The molecule has 2 heterocycles. The van der Waals surface area contributed by atoms with Gasteiger partial charge in [0.15, 0.2) is 0 Å². The Morgan fingerprint density at radius 2 is 1.87 bits per heavy atom. The zero-order valence-corrected chi connectivity index (χ0v) is 18.8. The molecule has 0 amide bonds. The van der Waals surface area contributed by atoms with E-state index in [9.17, 15) is 5.11 Å². The minimum Gasteiger partial charge on any atom is -0.496 e. The average Bonchev–Trinajstić information content (AvgIpc) is 3.08. The summed E-state index contributed by atoms with van der Waals surface area (Å²) in [6.07, 6.45) is 1.74. The zero-order chi connectivity index (χ0) is 21.6. The normalized spacial score (nSPS) is 12.0. The van der Waals surface area contributed by atoms with E-state index in [1.807, 2.05) is 26.0 Å². The number of benzene rings is 2. The number of thiazole rings is 1. The van der Waals surface area contributed by atoms with E-state index in [1.54, 1.807) is 47.4 Å². The van der Waals surface area contributed by atoms with Crippen LogP contribution >= 0.6 is 11.3 Å². The summed E-state index contributed by atoms with van der Waals surface area (Å²) in [6, 6.07) is 6.09. The molecule has 1 N–H and O–H groups in total. The third kappa shape index (κ3) is 3.57. The van der Waals surface area contributed by atoms with Crippen molar-refractivity contribution >= 4 is 48.3 Å². The molecule has 2 aromatic heterocycles. The molecule has 4 aromatic rings. The maximum Gasteiger partial charge on any atom is 0.137 e. The maximum absolute atomic E-state index is 10.8. The largest absolute Gasteiger partial charge is 0.496 e. The number of hydrogen-bond donors (Lipinski definition) is 1. The zero-order valence-electron chi connectivity index (χ0n) is 18.0. The number of fused-ring (bicyclic) bond motifs is 2. The van der Waals surface area contributed by atoms with Crippen molar-refractivity contribution < 1.29 is 14.6 Å². The molecule has 9 heteroatoms. The van der Waals surface area contributed by atoms with Crippen LogP contribution in [0, 0.1) is 13.8 Å². The molecular formula is C21H23B2N3O3S. The van der Waals surface area contributed by atoms with Crippen molar-refractivity contribution in [1.82, 2.24) is 15.0 Å². The van der Waals surface area contributed by atoms with Gasteiger partial charge in [-0.2, -0.15) is 0 Å². The predicted molar refractivity (Wildman–Crippen MR) is 126 cm³/mol. The van der Waals surface area contributed by atoms with Gasteiger partial charge in [0, 0.05) is 23.6 Å². The Labute approximate surface area is 181 Å². The van der Waals surface area contributed by atoms with Gasteiger partial charge in [-0.25, -0.2) is 9.97 Å². The fourth-order valence-electron chi connectivity index (χ4n) is 3.90. The fourth-order valence-corrected chi connectivity index (χ4v) is 4.92. The van der Waals surface area contributed by atoms with Gasteiger partial charge < -0.3 is 14.6 Å². The Hall–Kier alpha value is -2.48. The van der Waals surface area contributed by atoms with Crippen molar-refractivity contribution in [2.75, 3.05) is 14.2 Å². The van der Waals surface area contributed by atoms with E-state index in [1.165, 1.54) is 0 Å². The molecule has 6 nitrogen and oxygen atoms in total. The number of aliphatic hydroxyl groups is 1. The number of rotatable bonds is 5. The fraction of sp³-hybridized carbons (Fsp3) is 0.286. The first-order valence-corrected chi connectivity index (χ1v) is 10.5. The molecule has 0 bridgehead atoms. The number of ether oxygens (including phenoxy) is 2. The summed E-state index contributed by atoms with van der Waals surface area (Å²) in [4.78, 5) is 14.3. The van der Waals surface area contributed by atoms with Gasteiger partial charge in [-0.1, -0.05) is 0 Å². The van der Waals surface area contributed by atoms with Gasteiger partial charge in [-0.15, -0.1) is 11.3 Å². The molecule has 0 aliphatic rings. The average molecular weight is 419 g/mol. The van der Waals surface area contributed by atoms with Gasteiger partial charge >= 0.3 is 0 Å². The summed E-state index contributed by atoms with van der Waals surface area (Å²) >= 11 is 1.56. The summed E-state index contributed by atoms with van der Waals surface area (Å²) in [5.74, 6) is 0.743. The summed E-state index contributed by atoms with van der Waals surface area (Å²) in [5, 5.41) is 10.6. The first kappa shape index (κ1) is 20.8. The molecule has 0 unspecified atom stereocenters. The first-order valence-electron chi connectivity index (χ1n) is 9.69. The van der Waals surface area contributed by atoms with E-state index >= 15 is 0 Å². The van der Waals surface area contributed by atoms with Crippen LogP contribution in [-0.4, -0.2) is 50.0 Å². The monoisotopic (exact) mass is 419 g/mol. The van der Waals surface area contributed by atoms with Crippen LogP contribution in [0.15, 0.2) is 24.4 Å². The molecule has 0 atom stereocenters. The summed E-state index contributed by atoms with van der Waals surface area (Å²) < 4.78 is 11.7. The Balaban J connectivity index is 1.99. The Morgan fingerprint density at radius 3 is 2.53 bits per heavy atom. The van der Waals surface area contributed by atoms with E-state index in [0.717, 1.165) is 60.0 Å². The highest BCUT2D eigenvalue weighted by atomic mass is 32.1. The first-order chi connectivity index (χ1) is 14.2. The highest BCUT2D eigenvalue weighted by Gasteiger charge is 2.27. The van der Waals surface area contributed by atoms with Crippen molar-refractivity contribution in [2.24, 2.45) is 0 Å². The van der Waals surface area contributed by atoms with E-state index in [0.29, 0.717) is 6.61 Å². The Morgan fingerprint density at radius 1 is 1.10 bits per heavy atom. The Bertz CT molecular complexity index is 1270. The lowest BCUT2D eigenvalue weighted by Gasteiger charge is -2.22. The van der Waals surface area contributed by atoms with Crippen molar-refractivity contribution in [3.8, 4) is 16.3 Å². The van der Waals surface area contributed by atoms with Crippen LogP contribution in [0.2, 0.25) is 0 Å². The summed E-state index contributed by atoms with van der Waals surface area (Å²) in [5.41, 5.74) is 6.88. The van der Waals surface area contributed by atoms with E-state index < -0.39 is 5.40 Å². The number of hydrogen-bond acceptors (Lipinski definition) is 7. The second-order valence-corrected chi connectivity index (χ2v) is 9.01. The van der Waals surface area contributed by atoms with Gasteiger partial charge in [0.2, 0.25) is 0 Å². The van der Waals surface area contributed by atoms with Crippen LogP contribution in [0.25, 0.3) is 31.8 Å². The number of aromatic nitrogens is 3. The molecular weight excluding hydrogens is 396 g/mol. The van der Waals surface area contributed by atoms with Gasteiger partial charge in [0.1, 0.15) is 26.4 Å². The highest BCUT2D eigenvalue weighted by Crippen LogP contribution is 2.41. The van der Waals surface area contributed by atoms with Gasteiger partial charge in [-0.05, 0) is 43.2 Å². The van der Waals surface area contributed by atoms with Crippen LogP contribution in [0.4, 0.5) is 0 Å². The van der Waals surface area contributed by atoms with Crippen LogP contribution < -0.4 is 4.74 Å². The Kier molecular flexibility index (Phi) is 5.30. The third-order valence-corrected chi connectivity index (χ3v) is 6.13. The van der Waals surface area contributed by atoms with E-state index in [2.05, 4.69) is 11.1 Å². The molecule has 0 spiro atoms. The molecule has 4 rings (SSSR count). The third-order valence-electron chi connectivity index (χ3n) is 5.09. The number of aryl methyl sites for hydroxylation is 1. The van der Waals surface area contributed by atoms with Crippen LogP contribution in [0.3, 0.4) is 0 Å². The quantitative estimate of drug-likeness (QED) is 0.500. The molecule has 152 valence electrons. The predicted octanol–water partition coefficient (Wildman–Crippen LogP) is 2.05. The number of methoxy groups -OCH3 is 2. The molecule has 0 radical (unpaired) electrons. The topological polar surface area (TPSA) is 77.4 Å². The van der Waals surface area contributed by atoms with Crippen molar-refractivity contribution in [1.29, 1.82) is 0 Å². The van der Waals surface area contributed by atoms with E-state index in [-0.39, 0.29) is 0 Å². The maximum atomic E-state index is 10.8.